The smallest absolute Gasteiger partial charge is 0.261 e. The summed E-state index contributed by atoms with van der Waals surface area (Å²) in [6.45, 7) is 9.55. The van der Waals surface area contributed by atoms with E-state index in [-0.39, 0.29) is 25.0 Å². The van der Waals surface area contributed by atoms with Crippen molar-refractivity contribution >= 4 is 35.0 Å². The molecule has 7 heteroatoms. The first kappa shape index (κ1) is 28.5. The molecule has 0 aromatic heterocycles. The van der Waals surface area contributed by atoms with Gasteiger partial charge in [0.2, 0.25) is 5.91 Å². The maximum atomic E-state index is 13.7. The number of halogens is 2. The van der Waals surface area contributed by atoms with Crippen LogP contribution in [0.2, 0.25) is 10.0 Å². The Morgan fingerprint density at radius 2 is 1.57 bits per heavy atom. The van der Waals surface area contributed by atoms with E-state index in [0.717, 1.165) is 16.7 Å². The third-order valence-electron chi connectivity index (χ3n) is 6.00. The highest BCUT2D eigenvalue weighted by Gasteiger charge is 2.33. The average molecular weight is 542 g/mol. The molecule has 0 saturated carbocycles. The second-order valence-corrected chi connectivity index (χ2v) is 11.0. The zero-order chi connectivity index (χ0) is 27.2. The van der Waals surface area contributed by atoms with Crippen molar-refractivity contribution in [1.82, 2.24) is 10.2 Å². The summed E-state index contributed by atoms with van der Waals surface area (Å²) in [5, 5.41) is 3.89. The van der Waals surface area contributed by atoms with Gasteiger partial charge in [0.05, 0.1) is 0 Å². The Balaban J connectivity index is 1.98. The Bertz CT molecular complexity index is 1220. The normalized spacial score (nSPS) is 12.1. The largest absolute Gasteiger partial charge is 0.484 e. The number of ether oxygens (including phenoxy) is 1. The average Bonchev–Trinajstić information content (AvgIpc) is 2.83. The van der Waals surface area contributed by atoms with Gasteiger partial charge in [-0.15, -0.1) is 0 Å². The van der Waals surface area contributed by atoms with Crippen molar-refractivity contribution in [2.45, 2.75) is 59.2 Å². The molecule has 0 saturated heterocycles. The SMILES string of the molecule is Cc1ccc(OCC(=O)N(Cc2c(Cl)cccc2Cl)[C@H](Cc2ccccc2)C(=O)NC(C)(C)C)cc1C. The molecule has 2 amide bonds. The van der Waals surface area contributed by atoms with Crippen LogP contribution in [0, 0.1) is 13.8 Å². The van der Waals surface area contributed by atoms with Crippen LogP contribution < -0.4 is 10.1 Å². The minimum absolute atomic E-state index is 0.0582. The molecule has 3 aromatic carbocycles. The summed E-state index contributed by atoms with van der Waals surface area (Å²) in [4.78, 5) is 28.9. The third-order valence-corrected chi connectivity index (χ3v) is 6.71. The molecule has 0 bridgehead atoms. The first-order chi connectivity index (χ1) is 17.4. The van der Waals surface area contributed by atoms with Crippen LogP contribution in [0.1, 0.15) is 43.0 Å². The fraction of sp³-hybridized carbons (Fsp3) is 0.333. The van der Waals surface area contributed by atoms with Gasteiger partial charge < -0.3 is 15.0 Å². The number of aryl methyl sites for hydroxylation is 2. The van der Waals surface area contributed by atoms with Gasteiger partial charge in [0.1, 0.15) is 11.8 Å². The van der Waals surface area contributed by atoms with Crippen molar-refractivity contribution in [1.29, 1.82) is 0 Å². The molecule has 0 heterocycles. The minimum Gasteiger partial charge on any atom is -0.484 e. The van der Waals surface area contributed by atoms with Gasteiger partial charge in [-0.05, 0) is 75.6 Å². The first-order valence-electron chi connectivity index (χ1n) is 12.2. The molecular formula is C30H34Cl2N2O3. The maximum Gasteiger partial charge on any atom is 0.261 e. The number of rotatable bonds is 9. The Hall–Kier alpha value is -3.02. The quantitative estimate of drug-likeness (QED) is 0.335. The molecule has 196 valence electrons. The first-order valence-corrected chi connectivity index (χ1v) is 13.0. The molecule has 0 fully saturated rings. The molecule has 5 nitrogen and oxygen atoms in total. The lowest BCUT2D eigenvalue weighted by atomic mass is 10.0. The molecular weight excluding hydrogens is 507 g/mol. The zero-order valence-electron chi connectivity index (χ0n) is 22.0. The van der Waals surface area contributed by atoms with Crippen molar-refractivity contribution in [3.8, 4) is 5.75 Å². The lowest BCUT2D eigenvalue weighted by molar-refractivity contribution is -0.143. The summed E-state index contributed by atoms with van der Waals surface area (Å²) in [5.41, 5.74) is 3.21. The lowest BCUT2D eigenvalue weighted by Crippen LogP contribution is -2.55. The van der Waals surface area contributed by atoms with Gasteiger partial charge in [-0.2, -0.15) is 0 Å². The number of benzene rings is 3. The fourth-order valence-electron chi connectivity index (χ4n) is 3.89. The van der Waals surface area contributed by atoms with Gasteiger partial charge in [-0.3, -0.25) is 9.59 Å². The fourth-order valence-corrected chi connectivity index (χ4v) is 4.41. The molecule has 0 aliphatic rings. The van der Waals surface area contributed by atoms with E-state index < -0.39 is 11.6 Å². The summed E-state index contributed by atoms with van der Waals surface area (Å²) in [6.07, 6.45) is 0.320. The van der Waals surface area contributed by atoms with Crippen LogP contribution in [0.4, 0.5) is 0 Å². The lowest BCUT2D eigenvalue weighted by Gasteiger charge is -2.34. The second-order valence-electron chi connectivity index (χ2n) is 10.2. The number of nitrogens with one attached hydrogen (secondary N) is 1. The van der Waals surface area contributed by atoms with Gasteiger partial charge in [-0.1, -0.05) is 65.7 Å². The van der Waals surface area contributed by atoms with Gasteiger partial charge in [0, 0.05) is 34.1 Å². The molecule has 0 spiro atoms. The van der Waals surface area contributed by atoms with Crippen molar-refractivity contribution < 1.29 is 14.3 Å². The summed E-state index contributed by atoms with van der Waals surface area (Å²) < 4.78 is 5.87. The van der Waals surface area contributed by atoms with Crippen molar-refractivity contribution in [3.63, 3.8) is 0 Å². The monoisotopic (exact) mass is 540 g/mol. The summed E-state index contributed by atoms with van der Waals surface area (Å²) >= 11 is 13.0. The highest BCUT2D eigenvalue weighted by Crippen LogP contribution is 2.27. The standard InChI is InChI=1S/C30H34Cl2N2O3/c1-20-14-15-23(16-21(20)2)37-19-28(35)34(18-24-25(31)12-9-13-26(24)32)27(29(36)33-30(3,4)5)17-22-10-7-6-8-11-22/h6-16,27H,17-19H2,1-5H3,(H,33,36)/t27-/m1/s1. The number of amides is 2. The minimum atomic E-state index is -0.815. The molecule has 37 heavy (non-hydrogen) atoms. The third kappa shape index (κ3) is 8.24. The number of hydrogen-bond acceptors (Lipinski definition) is 3. The zero-order valence-corrected chi connectivity index (χ0v) is 23.5. The predicted octanol–water partition coefficient (Wildman–Crippen LogP) is 6.54. The molecule has 1 N–H and O–H groups in total. The maximum absolute atomic E-state index is 13.7. The molecule has 0 aliphatic carbocycles. The Morgan fingerprint density at radius 3 is 2.16 bits per heavy atom. The van der Waals surface area contributed by atoms with Gasteiger partial charge in [0.25, 0.3) is 5.91 Å². The molecule has 0 aliphatic heterocycles. The van der Waals surface area contributed by atoms with E-state index in [0.29, 0.717) is 27.8 Å². The van der Waals surface area contributed by atoms with Gasteiger partial charge in [0.15, 0.2) is 6.61 Å². The van der Waals surface area contributed by atoms with Crippen LogP contribution in [0.15, 0.2) is 66.7 Å². The summed E-state index contributed by atoms with van der Waals surface area (Å²) in [6, 6.07) is 19.7. The molecule has 0 radical (unpaired) electrons. The van der Waals surface area contributed by atoms with Crippen LogP contribution in [-0.4, -0.2) is 34.9 Å². The topological polar surface area (TPSA) is 58.6 Å². The highest BCUT2D eigenvalue weighted by molar-refractivity contribution is 6.36. The van der Waals surface area contributed by atoms with E-state index in [4.69, 9.17) is 27.9 Å². The van der Waals surface area contributed by atoms with Crippen LogP contribution >= 0.6 is 23.2 Å². The van der Waals surface area contributed by atoms with Crippen LogP contribution in [0.3, 0.4) is 0 Å². The number of carbonyl (C=O) groups is 2. The second kappa shape index (κ2) is 12.5. The van der Waals surface area contributed by atoms with E-state index in [9.17, 15) is 9.59 Å². The van der Waals surface area contributed by atoms with Gasteiger partial charge in [-0.25, -0.2) is 0 Å². The van der Waals surface area contributed by atoms with E-state index >= 15 is 0 Å². The Kier molecular flexibility index (Phi) is 9.63. The van der Waals surface area contributed by atoms with E-state index in [1.54, 1.807) is 18.2 Å². The van der Waals surface area contributed by atoms with Crippen LogP contribution in [0.5, 0.6) is 5.75 Å². The van der Waals surface area contributed by atoms with Crippen LogP contribution in [0.25, 0.3) is 0 Å². The van der Waals surface area contributed by atoms with E-state index in [1.807, 2.05) is 83.1 Å². The van der Waals surface area contributed by atoms with E-state index in [2.05, 4.69) is 5.32 Å². The summed E-state index contributed by atoms with van der Waals surface area (Å²) in [7, 11) is 0. The van der Waals surface area contributed by atoms with Crippen molar-refractivity contribution in [2.24, 2.45) is 0 Å². The predicted molar refractivity (Wildman–Crippen MR) is 150 cm³/mol. The van der Waals surface area contributed by atoms with Gasteiger partial charge >= 0.3 is 0 Å². The number of hydrogen-bond donors (Lipinski definition) is 1. The number of carbonyl (C=O) groups excluding carboxylic acids is 2. The molecule has 0 unspecified atom stereocenters. The number of nitrogens with zero attached hydrogens (tertiary/aromatic N) is 1. The van der Waals surface area contributed by atoms with Crippen LogP contribution in [-0.2, 0) is 22.6 Å². The van der Waals surface area contributed by atoms with Crippen molar-refractivity contribution in [2.75, 3.05) is 6.61 Å². The highest BCUT2D eigenvalue weighted by atomic mass is 35.5. The Labute approximate surface area is 229 Å². The van der Waals surface area contributed by atoms with Crippen molar-refractivity contribution in [3.05, 3.63) is 99.0 Å². The Morgan fingerprint density at radius 1 is 0.919 bits per heavy atom. The molecule has 3 rings (SSSR count). The summed E-state index contributed by atoms with van der Waals surface area (Å²) in [5.74, 6) is -0.0239. The molecule has 1 atom stereocenters. The molecule has 3 aromatic rings. The van der Waals surface area contributed by atoms with E-state index in [1.165, 1.54) is 4.90 Å².